The van der Waals surface area contributed by atoms with Gasteiger partial charge in [0.05, 0.1) is 0 Å². The van der Waals surface area contributed by atoms with Gasteiger partial charge < -0.3 is 15.5 Å². The van der Waals surface area contributed by atoms with Crippen LogP contribution in [0.1, 0.15) is 12.8 Å². The number of benzene rings is 1. The fraction of sp³-hybridized carbons (Fsp3) is 0.588. The average molecular weight is 320 g/mol. The van der Waals surface area contributed by atoms with Crippen molar-refractivity contribution in [1.82, 2.24) is 15.1 Å². The molecule has 0 aromatic heterocycles. The maximum Gasteiger partial charge on any atom is 0.225 e. The minimum Gasteiger partial charge on any atom is -0.326 e. The number of carbonyl (C=O) groups excluding carboxylic acids is 1. The Morgan fingerprint density at radius 2 is 2.13 bits per heavy atom. The Morgan fingerprint density at radius 3 is 2.91 bits per heavy atom. The van der Waals surface area contributed by atoms with Crippen molar-refractivity contribution in [1.29, 1.82) is 0 Å². The predicted octanol–water partition coefficient (Wildman–Crippen LogP) is 1.13. The number of amides is 1. The lowest BCUT2D eigenvalue weighted by atomic mass is 10.2. The van der Waals surface area contributed by atoms with E-state index in [0.29, 0.717) is 18.2 Å². The normalized spacial score (nSPS) is 23.1. The molecule has 23 heavy (non-hydrogen) atoms. The number of likely N-dealkylation sites (tertiary alicyclic amines) is 1. The number of anilines is 1. The largest absolute Gasteiger partial charge is 0.326 e. The zero-order valence-corrected chi connectivity index (χ0v) is 13.4. The van der Waals surface area contributed by atoms with Crippen molar-refractivity contribution in [2.45, 2.75) is 18.9 Å². The van der Waals surface area contributed by atoms with Crippen molar-refractivity contribution in [3.05, 3.63) is 30.1 Å². The molecule has 2 fully saturated rings. The standard InChI is InChI=1S/C17H25FN4O/c18-14-2-1-3-15(12-14)20-17(23)5-9-21-8-4-16(13-21)22-10-6-19-7-11-22/h1-3,12,16,19H,4-11,13H2,(H,20,23). The Balaban J connectivity index is 1.39. The first-order valence-electron chi connectivity index (χ1n) is 8.43. The second kappa shape index (κ2) is 7.86. The van der Waals surface area contributed by atoms with Crippen molar-refractivity contribution in [2.24, 2.45) is 0 Å². The summed E-state index contributed by atoms with van der Waals surface area (Å²) in [5.41, 5.74) is 0.523. The Morgan fingerprint density at radius 1 is 1.30 bits per heavy atom. The number of nitrogens with zero attached hydrogens (tertiary/aromatic N) is 2. The summed E-state index contributed by atoms with van der Waals surface area (Å²) < 4.78 is 13.1. The van der Waals surface area contributed by atoms with Gasteiger partial charge in [-0.2, -0.15) is 0 Å². The van der Waals surface area contributed by atoms with Crippen LogP contribution in [0.15, 0.2) is 24.3 Å². The molecule has 126 valence electrons. The molecule has 1 amide bonds. The van der Waals surface area contributed by atoms with Crippen LogP contribution in [0.2, 0.25) is 0 Å². The number of piperazine rings is 1. The van der Waals surface area contributed by atoms with E-state index < -0.39 is 0 Å². The van der Waals surface area contributed by atoms with Gasteiger partial charge in [-0.15, -0.1) is 0 Å². The molecule has 6 heteroatoms. The molecule has 2 aliphatic rings. The van der Waals surface area contributed by atoms with E-state index in [1.54, 1.807) is 12.1 Å². The first kappa shape index (κ1) is 16.4. The molecule has 0 radical (unpaired) electrons. The fourth-order valence-electron chi connectivity index (χ4n) is 3.41. The van der Waals surface area contributed by atoms with Gasteiger partial charge >= 0.3 is 0 Å². The summed E-state index contributed by atoms with van der Waals surface area (Å²) in [7, 11) is 0. The number of carbonyl (C=O) groups is 1. The van der Waals surface area contributed by atoms with Crippen LogP contribution in [-0.2, 0) is 4.79 Å². The molecular weight excluding hydrogens is 295 g/mol. The summed E-state index contributed by atoms with van der Waals surface area (Å²) in [6.07, 6.45) is 1.64. The van der Waals surface area contributed by atoms with Crippen LogP contribution in [0.25, 0.3) is 0 Å². The Hall–Kier alpha value is -1.50. The van der Waals surface area contributed by atoms with E-state index in [1.165, 1.54) is 18.6 Å². The molecule has 2 N–H and O–H groups in total. The zero-order valence-electron chi connectivity index (χ0n) is 13.4. The van der Waals surface area contributed by atoms with Crippen molar-refractivity contribution in [3.63, 3.8) is 0 Å². The van der Waals surface area contributed by atoms with E-state index in [1.807, 2.05) is 0 Å². The van der Waals surface area contributed by atoms with Gasteiger partial charge in [-0.05, 0) is 31.2 Å². The Labute approximate surface area is 136 Å². The number of hydrogen-bond acceptors (Lipinski definition) is 4. The van der Waals surface area contributed by atoms with Gasteiger partial charge in [0.2, 0.25) is 5.91 Å². The maximum atomic E-state index is 13.1. The van der Waals surface area contributed by atoms with Crippen LogP contribution >= 0.6 is 0 Å². The van der Waals surface area contributed by atoms with Crippen LogP contribution in [0.5, 0.6) is 0 Å². The predicted molar refractivity (Wildman–Crippen MR) is 88.9 cm³/mol. The zero-order chi connectivity index (χ0) is 16.1. The van der Waals surface area contributed by atoms with Crippen LogP contribution in [-0.4, -0.2) is 67.6 Å². The van der Waals surface area contributed by atoms with Crippen LogP contribution in [0, 0.1) is 5.82 Å². The number of rotatable bonds is 5. The van der Waals surface area contributed by atoms with Gasteiger partial charge in [0.1, 0.15) is 5.82 Å². The minimum atomic E-state index is -0.332. The van der Waals surface area contributed by atoms with Crippen molar-refractivity contribution >= 4 is 11.6 Å². The molecule has 0 bridgehead atoms. The molecule has 2 saturated heterocycles. The minimum absolute atomic E-state index is 0.0544. The molecule has 1 atom stereocenters. The van der Waals surface area contributed by atoms with Gasteiger partial charge in [-0.3, -0.25) is 9.69 Å². The van der Waals surface area contributed by atoms with Gasteiger partial charge in [0.15, 0.2) is 0 Å². The van der Waals surface area contributed by atoms with Crippen molar-refractivity contribution < 1.29 is 9.18 Å². The maximum absolute atomic E-state index is 13.1. The molecule has 1 aromatic carbocycles. The number of hydrogen-bond donors (Lipinski definition) is 2. The van der Waals surface area contributed by atoms with Crippen LogP contribution in [0.3, 0.4) is 0 Å². The number of nitrogens with one attached hydrogen (secondary N) is 2. The van der Waals surface area contributed by atoms with E-state index >= 15 is 0 Å². The molecular formula is C17H25FN4O. The van der Waals surface area contributed by atoms with Gasteiger partial charge in [0, 0.05) is 57.4 Å². The Bertz CT molecular complexity index is 533. The highest BCUT2D eigenvalue weighted by molar-refractivity contribution is 5.90. The summed E-state index contributed by atoms with van der Waals surface area (Å²) >= 11 is 0. The van der Waals surface area contributed by atoms with E-state index in [4.69, 9.17) is 0 Å². The van der Waals surface area contributed by atoms with Crippen LogP contribution < -0.4 is 10.6 Å². The number of halogens is 1. The second-order valence-electron chi connectivity index (χ2n) is 6.34. The molecule has 2 heterocycles. The monoisotopic (exact) mass is 320 g/mol. The van der Waals surface area contributed by atoms with E-state index in [9.17, 15) is 9.18 Å². The summed E-state index contributed by atoms with van der Waals surface area (Å²) in [6.45, 7) is 7.27. The third-order valence-electron chi connectivity index (χ3n) is 4.68. The average Bonchev–Trinajstić information content (AvgIpc) is 3.03. The smallest absolute Gasteiger partial charge is 0.225 e. The first-order valence-corrected chi connectivity index (χ1v) is 8.43. The third-order valence-corrected chi connectivity index (χ3v) is 4.68. The van der Waals surface area contributed by atoms with Crippen molar-refractivity contribution in [2.75, 3.05) is 51.1 Å². The molecule has 0 aliphatic carbocycles. The molecule has 2 aliphatic heterocycles. The molecule has 0 spiro atoms. The van der Waals surface area contributed by atoms with E-state index in [2.05, 4.69) is 20.4 Å². The third kappa shape index (κ3) is 4.73. The van der Waals surface area contributed by atoms with Crippen LogP contribution in [0.4, 0.5) is 10.1 Å². The van der Waals surface area contributed by atoms with E-state index in [0.717, 1.165) is 45.8 Å². The van der Waals surface area contributed by atoms with E-state index in [-0.39, 0.29) is 11.7 Å². The SMILES string of the molecule is O=C(CCN1CCC(N2CCNCC2)C1)Nc1cccc(F)c1. The molecule has 1 aromatic rings. The summed E-state index contributed by atoms with van der Waals surface area (Å²) in [4.78, 5) is 16.9. The second-order valence-corrected chi connectivity index (χ2v) is 6.34. The van der Waals surface area contributed by atoms with Gasteiger partial charge in [-0.25, -0.2) is 4.39 Å². The van der Waals surface area contributed by atoms with Gasteiger partial charge in [0.25, 0.3) is 0 Å². The summed E-state index contributed by atoms with van der Waals surface area (Å²) in [5.74, 6) is -0.387. The summed E-state index contributed by atoms with van der Waals surface area (Å²) in [5, 5.41) is 6.14. The molecule has 1 unspecified atom stereocenters. The molecule has 3 rings (SSSR count). The highest BCUT2D eigenvalue weighted by Gasteiger charge is 2.28. The van der Waals surface area contributed by atoms with Gasteiger partial charge in [-0.1, -0.05) is 6.07 Å². The summed E-state index contributed by atoms with van der Waals surface area (Å²) in [6, 6.07) is 6.65. The lowest BCUT2D eigenvalue weighted by Gasteiger charge is -2.32. The molecule has 5 nitrogen and oxygen atoms in total. The first-order chi connectivity index (χ1) is 11.2. The Kier molecular flexibility index (Phi) is 5.59. The highest BCUT2D eigenvalue weighted by Crippen LogP contribution is 2.16. The topological polar surface area (TPSA) is 47.6 Å². The lowest BCUT2D eigenvalue weighted by Crippen LogP contribution is -2.49. The quantitative estimate of drug-likeness (QED) is 0.854. The molecule has 0 saturated carbocycles. The lowest BCUT2D eigenvalue weighted by molar-refractivity contribution is -0.116. The highest BCUT2D eigenvalue weighted by atomic mass is 19.1. The fourth-order valence-corrected chi connectivity index (χ4v) is 3.41. The van der Waals surface area contributed by atoms with Crippen molar-refractivity contribution in [3.8, 4) is 0 Å².